The average molecular weight is 240 g/mol. The molecule has 1 amide bonds. The molecule has 0 atom stereocenters. The second-order valence-corrected chi connectivity index (χ2v) is 5.57. The molecule has 1 aromatic heterocycles. The molecule has 4 heteroatoms. The van der Waals surface area contributed by atoms with Crippen LogP contribution in [-0.4, -0.2) is 23.4 Å². The van der Waals surface area contributed by atoms with Gasteiger partial charge in [0.2, 0.25) is 0 Å². The van der Waals surface area contributed by atoms with E-state index < -0.39 is 0 Å². The highest BCUT2D eigenvalue weighted by atomic mass is 32.1. The maximum Gasteiger partial charge on any atom is 0.266 e. The molecule has 16 heavy (non-hydrogen) atoms. The van der Waals surface area contributed by atoms with E-state index in [1.807, 2.05) is 24.1 Å². The molecule has 0 aliphatic heterocycles. The van der Waals surface area contributed by atoms with Crippen molar-refractivity contribution in [2.45, 2.75) is 33.7 Å². The van der Waals surface area contributed by atoms with Crippen molar-refractivity contribution in [3.05, 3.63) is 16.3 Å². The fraction of sp³-hybridized carbons (Fsp3) is 0.583. The second kappa shape index (κ2) is 5.34. The molecule has 3 nitrogen and oxygen atoms in total. The van der Waals surface area contributed by atoms with Gasteiger partial charge in [-0.25, -0.2) is 0 Å². The summed E-state index contributed by atoms with van der Waals surface area (Å²) in [6.07, 6.45) is 0. The van der Waals surface area contributed by atoms with Gasteiger partial charge in [0.25, 0.3) is 5.91 Å². The predicted molar refractivity (Wildman–Crippen MR) is 69.7 cm³/mol. The van der Waals surface area contributed by atoms with Crippen LogP contribution in [0.3, 0.4) is 0 Å². The predicted octanol–water partition coefficient (Wildman–Crippen LogP) is 2.84. The summed E-state index contributed by atoms with van der Waals surface area (Å²) < 4.78 is 0. The van der Waals surface area contributed by atoms with Gasteiger partial charge in [-0.05, 0) is 31.2 Å². The summed E-state index contributed by atoms with van der Waals surface area (Å²) in [4.78, 5) is 14.8. The second-order valence-electron chi connectivity index (χ2n) is 4.65. The van der Waals surface area contributed by atoms with Gasteiger partial charge in [-0.1, -0.05) is 13.8 Å². The zero-order valence-electron chi connectivity index (χ0n) is 10.4. The fourth-order valence-corrected chi connectivity index (χ4v) is 2.32. The lowest BCUT2D eigenvalue weighted by atomic mass is 10.1. The van der Waals surface area contributed by atoms with Gasteiger partial charge in [-0.3, -0.25) is 4.79 Å². The Balaban J connectivity index is 2.88. The number of hydrogen-bond acceptors (Lipinski definition) is 3. The minimum Gasteiger partial charge on any atom is -0.397 e. The zero-order valence-corrected chi connectivity index (χ0v) is 11.2. The first-order valence-corrected chi connectivity index (χ1v) is 6.45. The molecular formula is C12H20N2OS. The van der Waals surface area contributed by atoms with Crippen LogP contribution in [0.5, 0.6) is 0 Å². The maximum absolute atomic E-state index is 12.3. The molecule has 2 N–H and O–H groups in total. The van der Waals surface area contributed by atoms with Crippen molar-refractivity contribution in [1.82, 2.24) is 4.90 Å². The summed E-state index contributed by atoms with van der Waals surface area (Å²) in [5, 5.41) is 1.86. The molecule has 0 unspecified atom stereocenters. The molecule has 0 saturated carbocycles. The van der Waals surface area contributed by atoms with Crippen LogP contribution in [0.25, 0.3) is 0 Å². The van der Waals surface area contributed by atoms with Gasteiger partial charge in [-0.15, -0.1) is 11.3 Å². The molecule has 0 bridgehead atoms. The number of thiophene rings is 1. The molecular weight excluding hydrogens is 220 g/mol. The number of nitrogens with two attached hydrogens (primary N) is 1. The Kier molecular flexibility index (Phi) is 4.35. The van der Waals surface area contributed by atoms with Gasteiger partial charge in [0.1, 0.15) is 4.88 Å². The van der Waals surface area contributed by atoms with Crippen molar-refractivity contribution in [2.24, 2.45) is 5.92 Å². The van der Waals surface area contributed by atoms with E-state index in [1.165, 1.54) is 11.3 Å². The highest BCUT2D eigenvalue weighted by Crippen LogP contribution is 2.22. The number of carbonyl (C=O) groups excluding carboxylic acids is 1. The quantitative estimate of drug-likeness (QED) is 0.879. The number of hydrogen-bond donors (Lipinski definition) is 1. The first-order valence-electron chi connectivity index (χ1n) is 5.57. The molecule has 90 valence electrons. The lowest BCUT2D eigenvalue weighted by molar-refractivity contribution is 0.0688. The van der Waals surface area contributed by atoms with E-state index in [1.54, 1.807) is 6.07 Å². The monoisotopic (exact) mass is 240 g/mol. The van der Waals surface area contributed by atoms with E-state index in [2.05, 4.69) is 13.8 Å². The molecule has 0 aromatic carbocycles. The third-order valence-corrected chi connectivity index (χ3v) is 3.25. The molecule has 0 saturated heterocycles. The number of carbonyl (C=O) groups is 1. The van der Waals surface area contributed by atoms with Crippen molar-refractivity contribution in [1.29, 1.82) is 0 Å². The Labute approximate surface area is 101 Å². The molecule has 0 aliphatic rings. The van der Waals surface area contributed by atoms with E-state index >= 15 is 0 Å². The van der Waals surface area contributed by atoms with Crippen molar-refractivity contribution >= 4 is 22.9 Å². The lowest BCUT2D eigenvalue weighted by Gasteiger charge is -2.28. The highest BCUT2D eigenvalue weighted by molar-refractivity contribution is 7.12. The van der Waals surface area contributed by atoms with E-state index in [4.69, 9.17) is 5.73 Å². The minimum atomic E-state index is 0.0520. The SMILES string of the molecule is CC(C)CN(C(=O)c1sccc1N)C(C)C. The van der Waals surface area contributed by atoms with E-state index in [9.17, 15) is 4.79 Å². The smallest absolute Gasteiger partial charge is 0.266 e. The molecule has 0 spiro atoms. The Morgan fingerprint density at radius 1 is 1.44 bits per heavy atom. The van der Waals surface area contributed by atoms with Gasteiger partial charge in [0, 0.05) is 12.6 Å². The van der Waals surface area contributed by atoms with Gasteiger partial charge in [0.15, 0.2) is 0 Å². The van der Waals surface area contributed by atoms with Gasteiger partial charge in [-0.2, -0.15) is 0 Å². The van der Waals surface area contributed by atoms with Gasteiger partial charge >= 0.3 is 0 Å². The topological polar surface area (TPSA) is 46.3 Å². The summed E-state index contributed by atoms with van der Waals surface area (Å²) >= 11 is 1.41. The maximum atomic E-state index is 12.3. The molecule has 1 heterocycles. The van der Waals surface area contributed by atoms with Crippen LogP contribution in [0.1, 0.15) is 37.4 Å². The van der Waals surface area contributed by atoms with Gasteiger partial charge < -0.3 is 10.6 Å². The third kappa shape index (κ3) is 2.98. The summed E-state index contributed by atoms with van der Waals surface area (Å²) in [5.74, 6) is 0.517. The largest absolute Gasteiger partial charge is 0.397 e. The summed E-state index contributed by atoms with van der Waals surface area (Å²) in [5.41, 5.74) is 6.36. The Morgan fingerprint density at radius 3 is 2.44 bits per heavy atom. The third-order valence-electron chi connectivity index (χ3n) is 2.34. The lowest BCUT2D eigenvalue weighted by Crippen LogP contribution is -2.39. The van der Waals surface area contributed by atoms with E-state index in [0.717, 1.165) is 6.54 Å². The molecule has 0 aliphatic carbocycles. The van der Waals surface area contributed by atoms with Crippen molar-refractivity contribution < 1.29 is 4.79 Å². The summed E-state index contributed by atoms with van der Waals surface area (Å²) in [6.45, 7) is 9.06. The van der Waals surface area contributed by atoms with Crippen molar-refractivity contribution in [3.8, 4) is 0 Å². The van der Waals surface area contributed by atoms with Crippen LogP contribution < -0.4 is 5.73 Å². The first-order chi connectivity index (χ1) is 7.43. The van der Waals surface area contributed by atoms with Gasteiger partial charge in [0.05, 0.1) is 5.69 Å². The summed E-state index contributed by atoms with van der Waals surface area (Å²) in [6, 6.07) is 1.99. The molecule has 1 aromatic rings. The van der Waals surface area contributed by atoms with E-state index in [0.29, 0.717) is 16.5 Å². The number of nitrogen functional groups attached to an aromatic ring is 1. The van der Waals surface area contributed by atoms with Crippen LogP contribution in [0.15, 0.2) is 11.4 Å². The minimum absolute atomic E-state index is 0.0520. The Morgan fingerprint density at radius 2 is 2.06 bits per heavy atom. The van der Waals surface area contributed by atoms with Crippen LogP contribution >= 0.6 is 11.3 Å². The van der Waals surface area contributed by atoms with Crippen LogP contribution in [0.2, 0.25) is 0 Å². The number of anilines is 1. The molecule has 0 radical (unpaired) electrons. The summed E-state index contributed by atoms with van der Waals surface area (Å²) in [7, 11) is 0. The van der Waals surface area contributed by atoms with Crippen molar-refractivity contribution in [2.75, 3.05) is 12.3 Å². The fourth-order valence-electron chi connectivity index (χ4n) is 1.55. The van der Waals surface area contributed by atoms with Crippen LogP contribution in [0.4, 0.5) is 5.69 Å². The Bertz CT molecular complexity index is 358. The number of rotatable bonds is 4. The average Bonchev–Trinajstić information content (AvgIpc) is 2.59. The first kappa shape index (κ1) is 13.0. The normalized spacial score (nSPS) is 11.1. The number of amides is 1. The highest BCUT2D eigenvalue weighted by Gasteiger charge is 2.22. The zero-order chi connectivity index (χ0) is 12.3. The Hall–Kier alpha value is -1.03. The van der Waals surface area contributed by atoms with E-state index in [-0.39, 0.29) is 11.9 Å². The molecule has 1 rings (SSSR count). The molecule has 0 fully saturated rings. The number of nitrogens with zero attached hydrogens (tertiary/aromatic N) is 1. The standard InChI is InChI=1S/C12H20N2OS/c1-8(2)7-14(9(3)4)12(15)11-10(13)5-6-16-11/h5-6,8-9H,7,13H2,1-4H3. The van der Waals surface area contributed by atoms with Crippen LogP contribution in [-0.2, 0) is 0 Å². The van der Waals surface area contributed by atoms with Crippen LogP contribution in [0, 0.1) is 5.92 Å². The van der Waals surface area contributed by atoms with Crippen molar-refractivity contribution in [3.63, 3.8) is 0 Å².